The van der Waals surface area contributed by atoms with Gasteiger partial charge in [-0.15, -0.1) is 0 Å². The number of rotatable bonds is 4. The normalized spacial score (nSPS) is 11.4. The highest BCUT2D eigenvalue weighted by atomic mass is 16.1. The minimum Gasteiger partial charge on any atom is -0.307 e. The number of hydrogen-bond donors (Lipinski definition) is 2. The number of nitrogens with two attached hydrogens (primary N) is 2. The Morgan fingerprint density at radius 3 is 2.44 bits per heavy atom. The van der Waals surface area contributed by atoms with E-state index in [9.17, 15) is 4.79 Å². The van der Waals surface area contributed by atoms with E-state index in [-0.39, 0.29) is 0 Å². The van der Waals surface area contributed by atoms with Gasteiger partial charge >= 0.3 is 0 Å². The zero-order valence-electron chi connectivity index (χ0n) is 5.68. The van der Waals surface area contributed by atoms with Gasteiger partial charge in [0, 0.05) is 0 Å². The van der Waals surface area contributed by atoms with Gasteiger partial charge in [-0.1, -0.05) is 19.8 Å². The van der Waals surface area contributed by atoms with Crippen molar-refractivity contribution in [2.45, 2.75) is 31.8 Å². The highest BCUT2D eigenvalue weighted by Gasteiger charge is 2.16. The average Bonchev–Trinajstić information content (AvgIpc) is 1.84. The molecule has 0 aliphatic carbocycles. The molecule has 0 aliphatic heterocycles. The van der Waals surface area contributed by atoms with Crippen LogP contribution in [-0.2, 0) is 4.79 Å². The summed E-state index contributed by atoms with van der Waals surface area (Å²) in [5.41, 5.74) is 9.30. The summed E-state index contributed by atoms with van der Waals surface area (Å²) in [6.45, 7) is 2.01. The van der Waals surface area contributed by atoms with Crippen molar-refractivity contribution in [3.63, 3.8) is 0 Å². The van der Waals surface area contributed by atoms with Crippen molar-refractivity contribution in [3.8, 4) is 0 Å². The molecule has 0 aromatic carbocycles. The molecule has 0 bridgehead atoms. The van der Waals surface area contributed by atoms with Gasteiger partial charge < -0.3 is 11.5 Å². The lowest BCUT2D eigenvalue weighted by Gasteiger charge is -2.13. The Morgan fingerprint density at radius 1 is 1.56 bits per heavy atom. The first-order chi connectivity index (χ1) is 4.12. The quantitative estimate of drug-likeness (QED) is 0.521. The fraction of sp³-hybridized carbons (Fsp3) is 0.833. The van der Waals surface area contributed by atoms with Gasteiger partial charge in [0.1, 0.15) is 5.66 Å². The zero-order valence-corrected chi connectivity index (χ0v) is 5.68. The van der Waals surface area contributed by atoms with Crippen LogP contribution < -0.4 is 11.5 Å². The van der Waals surface area contributed by atoms with E-state index in [1.165, 1.54) is 0 Å². The molecule has 0 aliphatic rings. The average molecular weight is 129 g/mol. The summed E-state index contributed by atoms with van der Waals surface area (Å²) >= 11 is 0. The van der Waals surface area contributed by atoms with Crippen LogP contribution in [0.2, 0.25) is 0 Å². The fourth-order valence-electron chi connectivity index (χ4n) is 0.520. The molecule has 4 N–H and O–H groups in total. The second-order valence-electron chi connectivity index (χ2n) is 2.25. The molecule has 0 rings (SSSR count). The molecule has 0 saturated carbocycles. The minimum absolute atomic E-state index is 0.521. The second-order valence-corrected chi connectivity index (χ2v) is 2.25. The van der Waals surface area contributed by atoms with Gasteiger partial charge in [0.2, 0.25) is 6.29 Å². The van der Waals surface area contributed by atoms with Gasteiger partial charge in [-0.05, 0) is 6.42 Å². The third kappa shape index (κ3) is 4.12. The molecule has 0 aromatic rings. The van der Waals surface area contributed by atoms with E-state index >= 15 is 0 Å². The topological polar surface area (TPSA) is 69.1 Å². The Kier molecular flexibility index (Phi) is 3.42. The molecule has 53 valence electrons. The molecule has 9 heavy (non-hydrogen) atoms. The van der Waals surface area contributed by atoms with Crippen LogP contribution >= 0.6 is 0 Å². The first-order valence-electron chi connectivity index (χ1n) is 3.09. The van der Waals surface area contributed by atoms with E-state index in [1.54, 1.807) is 6.29 Å². The summed E-state index contributed by atoms with van der Waals surface area (Å²) in [4.78, 5) is 9.96. The van der Waals surface area contributed by atoms with Gasteiger partial charge in [0.05, 0.1) is 0 Å². The Hall–Kier alpha value is -0.410. The predicted molar refractivity (Wildman–Crippen MR) is 36.3 cm³/mol. The number of unbranched alkanes of at least 4 members (excludes halogenated alkanes) is 1. The number of carbonyl (C=O) groups excluding carboxylic acids is 1. The summed E-state index contributed by atoms with van der Waals surface area (Å²) in [6, 6.07) is 0. The van der Waals surface area contributed by atoms with E-state index in [2.05, 4.69) is 0 Å². The molecule has 0 spiro atoms. The third-order valence-electron chi connectivity index (χ3n) is 1.13. The van der Waals surface area contributed by atoms with Crippen LogP contribution in [0, 0.1) is 0 Å². The summed E-state index contributed by atoms with van der Waals surface area (Å²) in [5.74, 6) is 0. The van der Waals surface area contributed by atoms with E-state index in [0.717, 1.165) is 12.8 Å². The van der Waals surface area contributed by atoms with Crippen molar-refractivity contribution in [2.75, 3.05) is 0 Å². The first-order valence-corrected chi connectivity index (χ1v) is 3.09. The highest BCUT2D eigenvalue weighted by Crippen LogP contribution is 2.01. The lowest BCUT2D eigenvalue weighted by atomic mass is 10.1. The van der Waals surface area contributed by atoms with Gasteiger partial charge in [-0.25, -0.2) is 0 Å². The standard InChI is InChI=1S/C6H13N2O/c1-2-3-4-6(7,8)5-9/h2-4,7-8H2,1H3. The maximum atomic E-state index is 9.96. The van der Waals surface area contributed by atoms with Crippen LogP contribution in [0.3, 0.4) is 0 Å². The Morgan fingerprint density at radius 2 is 2.11 bits per heavy atom. The van der Waals surface area contributed by atoms with E-state index < -0.39 is 5.66 Å². The molecule has 0 amide bonds. The Balaban J connectivity index is 3.45. The molecule has 0 aromatic heterocycles. The van der Waals surface area contributed by atoms with Gasteiger partial charge in [-0.2, -0.15) is 0 Å². The lowest BCUT2D eigenvalue weighted by Crippen LogP contribution is -2.50. The van der Waals surface area contributed by atoms with Crippen LogP contribution in [0.5, 0.6) is 0 Å². The van der Waals surface area contributed by atoms with Crippen LogP contribution in [0.4, 0.5) is 0 Å². The van der Waals surface area contributed by atoms with Crippen LogP contribution in [0.15, 0.2) is 0 Å². The molecule has 0 unspecified atom stereocenters. The molecular formula is C6H13N2O. The van der Waals surface area contributed by atoms with Gasteiger partial charge in [-0.3, -0.25) is 4.79 Å². The van der Waals surface area contributed by atoms with E-state index in [1.807, 2.05) is 6.92 Å². The van der Waals surface area contributed by atoms with Crippen molar-refractivity contribution in [2.24, 2.45) is 11.5 Å². The molecule has 0 atom stereocenters. The summed E-state index contributed by atoms with van der Waals surface area (Å²) in [6.07, 6.45) is 3.98. The van der Waals surface area contributed by atoms with Crippen molar-refractivity contribution in [3.05, 3.63) is 0 Å². The van der Waals surface area contributed by atoms with Crippen LogP contribution in [0.1, 0.15) is 26.2 Å². The molecular weight excluding hydrogens is 116 g/mol. The lowest BCUT2D eigenvalue weighted by molar-refractivity contribution is 0.456. The second kappa shape index (κ2) is 3.58. The maximum Gasteiger partial charge on any atom is 0.235 e. The van der Waals surface area contributed by atoms with Crippen molar-refractivity contribution in [1.29, 1.82) is 0 Å². The molecule has 0 heterocycles. The third-order valence-corrected chi connectivity index (χ3v) is 1.13. The molecule has 3 nitrogen and oxygen atoms in total. The van der Waals surface area contributed by atoms with Gasteiger partial charge in [0.25, 0.3) is 0 Å². The van der Waals surface area contributed by atoms with Crippen molar-refractivity contribution in [1.82, 2.24) is 0 Å². The Labute approximate surface area is 55.4 Å². The van der Waals surface area contributed by atoms with Crippen LogP contribution in [-0.4, -0.2) is 11.9 Å². The van der Waals surface area contributed by atoms with Crippen molar-refractivity contribution < 1.29 is 4.79 Å². The SMILES string of the molecule is CCCCC(N)(N)[C]=O. The monoisotopic (exact) mass is 129 g/mol. The molecule has 0 saturated heterocycles. The summed E-state index contributed by atoms with van der Waals surface area (Å²) in [7, 11) is 0. The summed E-state index contributed by atoms with van der Waals surface area (Å²) < 4.78 is 0. The molecule has 3 heteroatoms. The summed E-state index contributed by atoms with van der Waals surface area (Å²) in [5, 5.41) is 0. The predicted octanol–water partition coefficient (Wildman–Crippen LogP) is -0.1000. The highest BCUT2D eigenvalue weighted by molar-refractivity contribution is 5.63. The van der Waals surface area contributed by atoms with E-state index in [0.29, 0.717) is 6.42 Å². The largest absolute Gasteiger partial charge is 0.307 e. The minimum atomic E-state index is -1.21. The van der Waals surface area contributed by atoms with Gasteiger partial charge in [0.15, 0.2) is 0 Å². The maximum absolute atomic E-state index is 9.96. The molecule has 0 fully saturated rings. The number of hydrogen-bond acceptors (Lipinski definition) is 3. The smallest absolute Gasteiger partial charge is 0.235 e. The van der Waals surface area contributed by atoms with E-state index in [4.69, 9.17) is 11.5 Å². The fourth-order valence-corrected chi connectivity index (χ4v) is 0.520. The van der Waals surface area contributed by atoms with Crippen LogP contribution in [0.25, 0.3) is 0 Å². The molecule has 1 radical (unpaired) electrons. The zero-order chi connectivity index (χ0) is 7.33. The van der Waals surface area contributed by atoms with Crippen molar-refractivity contribution >= 4 is 6.29 Å². The first kappa shape index (κ1) is 8.59. The Bertz CT molecular complexity index is 91.1.